The van der Waals surface area contributed by atoms with Gasteiger partial charge in [-0.25, -0.2) is 4.39 Å². The lowest BCUT2D eigenvalue weighted by molar-refractivity contribution is 0.504. The first-order chi connectivity index (χ1) is 9.20. The minimum atomic E-state index is -0.261. The zero-order chi connectivity index (χ0) is 13.7. The van der Waals surface area contributed by atoms with Gasteiger partial charge in [0.2, 0.25) is 0 Å². The molecule has 0 bridgehead atoms. The van der Waals surface area contributed by atoms with Crippen molar-refractivity contribution in [2.75, 3.05) is 0 Å². The van der Waals surface area contributed by atoms with Gasteiger partial charge in [-0.1, -0.05) is 54.9 Å². The van der Waals surface area contributed by atoms with Crippen LogP contribution in [0.2, 0.25) is 5.02 Å². The van der Waals surface area contributed by atoms with Crippen LogP contribution in [0.1, 0.15) is 30.5 Å². The van der Waals surface area contributed by atoms with Gasteiger partial charge in [0.05, 0.1) is 0 Å². The van der Waals surface area contributed by atoms with E-state index in [1.54, 1.807) is 12.1 Å². The predicted octanol–water partition coefficient (Wildman–Crippen LogP) is 4.72. The SMILES string of the molecule is CCC(NCc1ccc(Cl)cc1F)c1ccccc1. The van der Waals surface area contributed by atoms with Crippen molar-refractivity contribution >= 4 is 11.6 Å². The van der Waals surface area contributed by atoms with E-state index in [4.69, 9.17) is 11.6 Å². The average Bonchev–Trinajstić information content (AvgIpc) is 2.43. The lowest BCUT2D eigenvalue weighted by atomic mass is 10.0. The Morgan fingerprint density at radius 2 is 1.89 bits per heavy atom. The third-order valence-corrected chi connectivity index (χ3v) is 3.40. The molecular formula is C16H17ClFN. The summed E-state index contributed by atoms with van der Waals surface area (Å²) in [6, 6.07) is 15.2. The van der Waals surface area contributed by atoms with E-state index in [9.17, 15) is 4.39 Å². The fourth-order valence-electron chi connectivity index (χ4n) is 2.08. The number of hydrogen-bond acceptors (Lipinski definition) is 1. The standard InChI is InChI=1S/C16H17ClFN/c1-2-16(12-6-4-3-5-7-12)19-11-13-8-9-14(17)10-15(13)18/h3-10,16,19H,2,11H2,1H3. The van der Waals surface area contributed by atoms with Gasteiger partial charge in [0, 0.05) is 23.2 Å². The minimum Gasteiger partial charge on any atom is -0.306 e. The van der Waals surface area contributed by atoms with E-state index in [0.29, 0.717) is 17.1 Å². The Morgan fingerprint density at radius 3 is 2.53 bits per heavy atom. The molecule has 0 heterocycles. The number of nitrogens with one attached hydrogen (secondary N) is 1. The van der Waals surface area contributed by atoms with Gasteiger partial charge in [0.15, 0.2) is 0 Å². The normalized spacial score (nSPS) is 12.4. The molecule has 0 spiro atoms. The summed E-state index contributed by atoms with van der Waals surface area (Å²) in [7, 11) is 0. The summed E-state index contributed by atoms with van der Waals surface area (Å²) in [6.07, 6.45) is 0.958. The van der Waals surface area contributed by atoms with Crippen LogP contribution < -0.4 is 5.32 Å². The highest BCUT2D eigenvalue weighted by molar-refractivity contribution is 6.30. The zero-order valence-electron chi connectivity index (χ0n) is 10.9. The molecule has 0 radical (unpaired) electrons. The topological polar surface area (TPSA) is 12.0 Å². The lowest BCUT2D eigenvalue weighted by Crippen LogP contribution is -2.20. The molecule has 0 fully saturated rings. The van der Waals surface area contributed by atoms with Gasteiger partial charge in [-0.15, -0.1) is 0 Å². The maximum atomic E-state index is 13.7. The molecular weight excluding hydrogens is 261 g/mol. The van der Waals surface area contributed by atoms with E-state index in [1.807, 2.05) is 18.2 Å². The molecule has 0 aliphatic rings. The average molecular weight is 278 g/mol. The minimum absolute atomic E-state index is 0.233. The molecule has 0 aromatic heterocycles. The third-order valence-electron chi connectivity index (χ3n) is 3.16. The van der Waals surface area contributed by atoms with Crippen LogP contribution >= 0.6 is 11.6 Å². The van der Waals surface area contributed by atoms with Gasteiger partial charge in [-0.05, 0) is 24.1 Å². The fourth-order valence-corrected chi connectivity index (χ4v) is 2.24. The van der Waals surface area contributed by atoms with Crippen LogP contribution in [0.5, 0.6) is 0 Å². The summed E-state index contributed by atoms with van der Waals surface area (Å²) in [5.41, 5.74) is 1.86. The van der Waals surface area contributed by atoms with Crippen molar-refractivity contribution in [1.82, 2.24) is 5.32 Å². The molecule has 0 amide bonds. The summed E-state index contributed by atoms with van der Waals surface area (Å²) in [4.78, 5) is 0. The van der Waals surface area contributed by atoms with E-state index in [1.165, 1.54) is 11.6 Å². The Kier molecular flexibility index (Phi) is 4.94. The highest BCUT2D eigenvalue weighted by Crippen LogP contribution is 2.19. The molecule has 1 N–H and O–H groups in total. The van der Waals surface area contributed by atoms with Crippen molar-refractivity contribution in [2.24, 2.45) is 0 Å². The van der Waals surface area contributed by atoms with Crippen LogP contribution in [0.25, 0.3) is 0 Å². The van der Waals surface area contributed by atoms with Crippen LogP contribution in [0, 0.1) is 5.82 Å². The van der Waals surface area contributed by atoms with Crippen molar-refractivity contribution in [1.29, 1.82) is 0 Å². The lowest BCUT2D eigenvalue weighted by Gasteiger charge is -2.17. The molecule has 1 atom stereocenters. The Labute approximate surface area is 118 Å². The molecule has 3 heteroatoms. The van der Waals surface area contributed by atoms with Crippen LogP contribution in [0.15, 0.2) is 48.5 Å². The van der Waals surface area contributed by atoms with Crippen molar-refractivity contribution < 1.29 is 4.39 Å². The van der Waals surface area contributed by atoms with Crippen molar-refractivity contribution in [3.05, 3.63) is 70.5 Å². The van der Waals surface area contributed by atoms with Gasteiger partial charge in [0.25, 0.3) is 0 Å². The zero-order valence-corrected chi connectivity index (χ0v) is 11.6. The van der Waals surface area contributed by atoms with E-state index in [2.05, 4.69) is 24.4 Å². The largest absolute Gasteiger partial charge is 0.306 e. The molecule has 0 aliphatic heterocycles. The molecule has 0 saturated carbocycles. The molecule has 2 rings (SSSR count). The monoisotopic (exact) mass is 277 g/mol. The maximum Gasteiger partial charge on any atom is 0.129 e. The summed E-state index contributed by atoms with van der Waals surface area (Å²) in [5, 5.41) is 3.81. The highest BCUT2D eigenvalue weighted by Gasteiger charge is 2.09. The van der Waals surface area contributed by atoms with Crippen LogP contribution in [-0.2, 0) is 6.54 Å². The highest BCUT2D eigenvalue weighted by atomic mass is 35.5. The summed E-state index contributed by atoms with van der Waals surface area (Å²) < 4.78 is 13.7. The molecule has 0 saturated heterocycles. The van der Waals surface area contributed by atoms with Gasteiger partial charge in [0.1, 0.15) is 5.82 Å². The van der Waals surface area contributed by atoms with Gasteiger partial charge >= 0.3 is 0 Å². The Bertz CT molecular complexity index is 528. The van der Waals surface area contributed by atoms with Crippen LogP contribution in [0.3, 0.4) is 0 Å². The summed E-state index contributed by atoms with van der Waals surface area (Å²) in [5.74, 6) is -0.261. The van der Waals surface area contributed by atoms with Gasteiger partial charge < -0.3 is 5.32 Å². The number of hydrogen-bond donors (Lipinski definition) is 1. The molecule has 1 nitrogen and oxygen atoms in total. The fraction of sp³-hybridized carbons (Fsp3) is 0.250. The summed E-state index contributed by atoms with van der Waals surface area (Å²) >= 11 is 5.74. The second kappa shape index (κ2) is 6.69. The van der Waals surface area contributed by atoms with Crippen LogP contribution in [-0.4, -0.2) is 0 Å². The quantitative estimate of drug-likeness (QED) is 0.834. The van der Waals surface area contributed by atoms with Crippen molar-refractivity contribution in [3.63, 3.8) is 0 Å². The smallest absolute Gasteiger partial charge is 0.129 e. The van der Waals surface area contributed by atoms with Crippen molar-refractivity contribution in [2.45, 2.75) is 25.9 Å². The molecule has 19 heavy (non-hydrogen) atoms. The first-order valence-electron chi connectivity index (χ1n) is 6.43. The predicted molar refractivity (Wildman–Crippen MR) is 77.7 cm³/mol. The van der Waals surface area contributed by atoms with Gasteiger partial charge in [-0.3, -0.25) is 0 Å². The first-order valence-corrected chi connectivity index (χ1v) is 6.80. The van der Waals surface area contributed by atoms with E-state index < -0.39 is 0 Å². The Hall–Kier alpha value is -1.38. The molecule has 1 unspecified atom stereocenters. The maximum absolute atomic E-state index is 13.7. The van der Waals surface area contributed by atoms with Gasteiger partial charge in [-0.2, -0.15) is 0 Å². The second-order valence-corrected chi connectivity index (χ2v) is 4.92. The van der Waals surface area contributed by atoms with E-state index >= 15 is 0 Å². The number of benzene rings is 2. The molecule has 2 aromatic rings. The molecule has 2 aromatic carbocycles. The summed E-state index contributed by atoms with van der Waals surface area (Å²) in [6.45, 7) is 2.61. The molecule has 100 valence electrons. The molecule has 0 aliphatic carbocycles. The number of rotatable bonds is 5. The Balaban J connectivity index is 2.04. The van der Waals surface area contributed by atoms with E-state index in [0.717, 1.165) is 6.42 Å². The first kappa shape index (κ1) is 14.0. The second-order valence-electron chi connectivity index (χ2n) is 4.49. The van der Waals surface area contributed by atoms with Crippen molar-refractivity contribution in [3.8, 4) is 0 Å². The van der Waals surface area contributed by atoms with Crippen LogP contribution in [0.4, 0.5) is 4.39 Å². The van der Waals surface area contributed by atoms with E-state index in [-0.39, 0.29) is 11.9 Å². The number of halogens is 2. The Morgan fingerprint density at radius 1 is 1.16 bits per heavy atom. The third kappa shape index (κ3) is 3.79.